The molecule has 0 spiro atoms. The number of fused-ring (bicyclic) bond motifs is 1. The zero-order valence-electron chi connectivity index (χ0n) is 6.27. The van der Waals surface area contributed by atoms with Gasteiger partial charge in [-0.05, 0) is 13.0 Å². The summed E-state index contributed by atoms with van der Waals surface area (Å²) in [7, 11) is 0. The minimum Gasteiger partial charge on any atom is -0.241 e. The number of hydrogen-bond acceptors (Lipinski definition) is 2. The normalized spacial score (nSPS) is 10.9. The Labute approximate surface area is 71.7 Å². The number of hydrogen-bond donors (Lipinski definition) is 0. The first-order chi connectivity index (χ1) is 5.66. The van der Waals surface area contributed by atoms with Crippen molar-refractivity contribution in [2.45, 2.75) is 6.92 Å². The van der Waals surface area contributed by atoms with Gasteiger partial charge in [-0.25, -0.2) is 13.8 Å². The first-order valence-electron chi connectivity index (χ1n) is 3.39. The third-order valence-electron chi connectivity index (χ3n) is 1.54. The van der Waals surface area contributed by atoms with E-state index in [4.69, 9.17) is 0 Å². The van der Waals surface area contributed by atoms with Crippen molar-refractivity contribution < 1.29 is 8.78 Å². The summed E-state index contributed by atoms with van der Waals surface area (Å²) in [6.07, 6.45) is 0. The average molecular weight is 185 g/mol. The number of aromatic nitrogens is 1. The highest BCUT2D eigenvalue weighted by Gasteiger charge is 2.06. The number of benzene rings is 1. The molecule has 0 aliphatic carbocycles. The maximum atomic E-state index is 12.7. The Morgan fingerprint density at radius 2 is 1.92 bits per heavy atom. The first kappa shape index (κ1) is 7.61. The quantitative estimate of drug-likeness (QED) is 0.615. The molecule has 0 unspecified atom stereocenters. The van der Waals surface area contributed by atoms with Crippen molar-refractivity contribution in [3.05, 3.63) is 28.8 Å². The molecule has 0 atom stereocenters. The van der Waals surface area contributed by atoms with Gasteiger partial charge in [0.05, 0.1) is 15.2 Å². The van der Waals surface area contributed by atoms with Gasteiger partial charge in [0, 0.05) is 6.07 Å². The molecule has 0 aliphatic rings. The zero-order chi connectivity index (χ0) is 8.72. The lowest BCUT2D eigenvalue weighted by Gasteiger charge is -1.90. The smallest absolute Gasteiger partial charge is 0.161 e. The molecule has 2 aromatic rings. The van der Waals surface area contributed by atoms with E-state index in [9.17, 15) is 8.78 Å². The third-order valence-corrected chi connectivity index (χ3v) is 2.47. The average Bonchev–Trinajstić information content (AvgIpc) is 2.30. The molecule has 0 aliphatic heterocycles. The maximum Gasteiger partial charge on any atom is 0.161 e. The van der Waals surface area contributed by atoms with E-state index in [-0.39, 0.29) is 0 Å². The van der Waals surface area contributed by atoms with Crippen LogP contribution in [0.25, 0.3) is 10.2 Å². The lowest BCUT2D eigenvalue weighted by atomic mass is 10.3. The van der Waals surface area contributed by atoms with Crippen molar-refractivity contribution in [1.29, 1.82) is 0 Å². The number of halogens is 2. The minimum atomic E-state index is -0.840. The van der Waals surface area contributed by atoms with Crippen LogP contribution in [0.3, 0.4) is 0 Å². The monoisotopic (exact) mass is 185 g/mol. The Morgan fingerprint density at radius 1 is 1.25 bits per heavy atom. The Balaban J connectivity index is 2.83. The molecule has 1 aromatic carbocycles. The molecule has 1 heterocycles. The summed E-state index contributed by atoms with van der Waals surface area (Å²) in [6.45, 7) is 1.81. The lowest BCUT2D eigenvalue weighted by Crippen LogP contribution is -1.81. The molecule has 62 valence electrons. The molecule has 0 radical (unpaired) electrons. The number of aryl methyl sites for hydroxylation is 1. The van der Waals surface area contributed by atoms with Gasteiger partial charge in [0.2, 0.25) is 0 Å². The summed E-state index contributed by atoms with van der Waals surface area (Å²) in [5.74, 6) is -1.65. The molecule has 1 nitrogen and oxygen atoms in total. The van der Waals surface area contributed by atoms with Crippen LogP contribution in [-0.2, 0) is 0 Å². The summed E-state index contributed by atoms with van der Waals surface area (Å²) in [5, 5.41) is 0.815. The number of rotatable bonds is 0. The van der Waals surface area contributed by atoms with Gasteiger partial charge in [-0.1, -0.05) is 0 Å². The van der Waals surface area contributed by atoms with Crippen molar-refractivity contribution >= 4 is 21.6 Å². The molecule has 0 N–H and O–H groups in total. The molecule has 1 aromatic heterocycles. The molecule has 2 rings (SSSR count). The highest BCUT2D eigenvalue weighted by molar-refractivity contribution is 7.18. The predicted octanol–water partition coefficient (Wildman–Crippen LogP) is 2.88. The summed E-state index contributed by atoms with van der Waals surface area (Å²) in [4.78, 5) is 4.03. The molecular formula is C8H5F2NS. The fraction of sp³-hybridized carbons (Fsp3) is 0.125. The Kier molecular flexibility index (Phi) is 1.58. The minimum absolute atomic E-state index is 0.524. The van der Waals surface area contributed by atoms with Crippen molar-refractivity contribution in [2.24, 2.45) is 0 Å². The van der Waals surface area contributed by atoms with Crippen LogP contribution in [0.15, 0.2) is 12.1 Å². The van der Waals surface area contributed by atoms with Gasteiger partial charge in [0.15, 0.2) is 11.6 Å². The number of nitrogens with zero attached hydrogens (tertiary/aromatic N) is 1. The molecule has 0 saturated heterocycles. The largest absolute Gasteiger partial charge is 0.241 e. The van der Waals surface area contributed by atoms with Crippen molar-refractivity contribution in [3.63, 3.8) is 0 Å². The number of thiazole rings is 1. The summed E-state index contributed by atoms with van der Waals surface area (Å²) in [5.41, 5.74) is 0.524. The van der Waals surface area contributed by atoms with E-state index in [2.05, 4.69) is 4.98 Å². The van der Waals surface area contributed by atoms with Crippen molar-refractivity contribution in [3.8, 4) is 0 Å². The van der Waals surface area contributed by atoms with Gasteiger partial charge >= 0.3 is 0 Å². The summed E-state index contributed by atoms with van der Waals surface area (Å²) >= 11 is 1.36. The van der Waals surface area contributed by atoms with Crippen LogP contribution in [0.5, 0.6) is 0 Å². The molecule has 0 bridgehead atoms. The highest BCUT2D eigenvalue weighted by atomic mass is 32.1. The van der Waals surface area contributed by atoms with Crippen LogP contribution >= 0.6 is 11.3 Å². The molecule has 0 fully saturated rings. The van der Waals surface area contributed by atoms with Crippen LogP contribution in [0.4, 0.5) is 8.78 Å². The van der Waals surface area contributed by atoms with E-state index in [1.165, 1.54) is 17.4 Å². The van der Waals surface area contributed by atoms with Crippen molar-refractivity contribution in [2.75, 3.05) is 0 Å². The van der Waals surface area contributed by atoms with Gasteiger partial charge < -0.3 is 0 Å². The van der Waals surface area contributed by atoms with Gasteiger partial charge in [0.25, 0.3) is 0 Å². The summed E-state index contributed by atoms with van der Waals surface area (Å²) < 4.78 is 26.0. The molecule has 12 heavy (non-hydrogen) atoms. The zero-order valence-corrected chi connectivity index (χ0v) is 7.08. The second-order valence-electron chi connectivity index (χ2n) is 2.47. The van der Waals surface area contributed by atoms with Crippen LogP contribution in [0, 0.1) is 18.6 Å². The van der Waals surface area contributed by atoms with E-state index < -0.39 is 11.6 Å². The lowest BCUT2D eigenvalue weighted by molar-refractivity contribution is 0.511. The van der Waals surface area contributed by atoms with Crippen molar-refractivity contribution in [1.82, 2.24) is 4.98 Å². The molecule has 4 heteroatoms. The van der Waals surface area contributed by atoms with Gasteiger partial charge in [-0.15, -0.1) is 11.3 Å². The predicted molar refractivity (Wildman–Crippen MR) is 44.3 cm³/mol. The Hall–Kier alpha value is -1.03. The first-order valence-corrected chi connectivity index (χ1v) is 4.20. The second-order valence-corrected chi connectivity index (χ2v) is 3.70. The van der Waals surface area contributed by atoms with Gasteiger partial charge in [-0.2, -0.15) is 0 Å². The molecular weight excluding hydrogens is 180 g/mol. The Bertz CT molecular complexity index is 397. The second kappa shape index (κ2) is 2.48. The van der Waals surface area contributed by atoms with Crippen LogP contribution in [0.1, 0.15) is 5.01 Å². The van der Waals surface area contributed by atoms with E-state index >= 15 is 0 Å². The maximum absolute atomic E-state index is 12.7. The highest BCUT2D eigenvalue weighted by Crippen LogP contribution is 2.23. The van der Waals surface area contributed by atoms with Crippen LogP contribution in [-0.4, -0.2) is 4.98 Å². The van der Waals surface area contributed by atoms with Gasteiger partial charge in [-0.3, -0.25) is 0 Å². The SMILES string of the molecule is Cc1nc2cc(F)c(F)cc2s1. The molecule has 0 amide bonds. The fourth-order valence-electron chi connectivity index (χ4n) is 1.04. The standard InChI is InChI=1S/C8H5F2NS/c1-4-11-7-2-5(9)6(10)3-8(7)12-4/h2-3H,1H3. The summed E-state index contributed by atoms with van der Waals surface area (Å²) in [6, 6.07) is 2.30. The third kappa shape index (κ3) is 1.08. The van der Waals surface area contributed by atoms with Crippen LogP contribution < -0.4 is 0 Å². The van der Waals surface area contributed by atoms with Crippen LogP contribution in [0.2, 0.25) is 0 Å². The van der Waals surface area contributed by atoms with Gasteiger partial charge in [0.1, 0.15) is 0 Å². The van der Waals surface area contributed by atoms with E-state index in [1.54, 1.807) is 6.92 Å². The van der Waals surface area contributed by atoms with E-state index in [0.717, 1.165) is 11.1 Å². The topological polar surface area (TPSA) is 12.9 Å². The van der Waals surface area contributed by atoms with E-state index in [1.807, 2.05) is 0 Å². The molecule has 0 saturated carbocycles. The van der Waals surface area contributed by atoms with E-state index in [0.29, 0.717) is 10.2 Å². The fourth-order valence-corrected chi connectivity index (χ4v) is 1.87. The Morgan fingerprint density at radius 3 is 2.67 bits per heavy atom.